The van der Waals surface area contributed by atoms with E-state index in [1.165, 1.54) is 11.3 Å². The largest absolute Gasteiger partial charge is 0.382 e. The smallest absolute Gasteiger partial charge is 0.247 e. The van der Waals surface area contributed by atoms with Gasteiger partial charge in [0.25, 0.3) is 0 Å². The molecule has 1 aromatic rings. The molecule has 3 atom stereocenters. The summed E-state index contributed by atoms with van der Waals surface area (Å²) in [6.45, 7) is 5.58. The van der Waals surface area contributed by atoms with Gasteiger partial charge in [-0.15, -0.1) is 11.6 Å². The third-order valence-electron chi connectivity index (χ3n) is 5.53. The Hall–Kier alpha value is -1.30. The fourth-order valence-electron chi connectivity index (χ4n) is 3.90. The molecule has 1 fully saturated rings. The highest BCUT2D eigenvalue weighted by molar-refractivity contribution is 6.31. The van der Waals surface area contributed by atoms with E-state index in [4.69, 9.17) is 27.9 Å². The molecule has 1 aliphatic rings. The van der Waals surface area contributed by atoms with Crippen molar-refractivity contribution in [2.45, 2.75) is 58.0 Å². The quantitative estimate of drug-likeness (QED) is 0.426. The number of rotatable bonds is 10. The van der Waals surface area contributed by atoms with Crippen LogP contribution in [0.1, 0.15) is 57.6 Å². The molecule has 1 N–H and O–H groups in total. The number of benzene rings is 1. The minimum atomic E-state index is -0.814. The van der Waals surface area contributed by atoms with Crippen LogP contribution in [-0.4, -0.2) is 48.4 Å². The van der Waals surface area contributed by atoms with Crippen LogP contribution in [0.3, 0.4) is 0 Å². The first-order chi connectivity index (χ1) is 14.0. The molecule has 0 aliphatic heterocycles. The van der Waals surface area contributed by atoms with Crippen LogP contribution in [0.15, 0.2) is 24.3 Å². The van der Waals surface area contributed by atoms with Crippen molar-refractivity contribution < 1.29 is 14.3 Å². The molecule has 0 heterocycles. The number of hydrogen-bond acceptors (Lipinski definition) is 3. The first-order valence-corrected chi connectivity index (χ1v) is 11.4. The van der Waals surface area contributed by atoms with E-state index in [2.05, 4.69) is 12.2 Å². The van der Waals surface area contributed by atoms with Gasteiger partial charge in [0.05, 0.1) is 0 Å². The number of nitrogens with zero attached hydrogens (tertiary/aromatic N) is 1. The average Bonchev–Trinajstić information content (AvgIpc) is 2.72. The van der Waals surface area contributed by atoms with Crippen molar-refractivity contribution in [3.63, 3.8) is 0 Å². The van der Waals surface area contributed by atoms with E-state index in [9.17, 15) is 9.59 Å². The number of carbonyl (C=O) groups is 2. The molecular formula is C22H32Cl2N2O3. The first kappa shape index (κ1) is 24.0. The summed E-state index contributed by atoms with van der Waals surface area (Å²) in [5, 5.41) is 3.65. The molecule has 0 radical (unpaired) electrons. The van der Waals surface area contributed by atoms with Gasteiger partial charge in [-0.2, -0.15) is 0 Å². The molecule has 0 bridgehead atoms. The summed E-state index contributed by atoms with van der Waals surface area (Å²) < 4.78 is 5.40. The predicted molar refractivity (Wildman–Crippen MR) is 117 cm³/mol. The van der Waals surface area contributed by atoms with Crippen LogP contribution in [0.5, 0.6) is 0 Å². The van der Waals surface area contributed by atoms with Gasteiger partial charge >= 0.3 is 0 Å². The lowest BCUT2D eigenvalue weighted by Gasteiger charge is -2.35. The van der Waals surface area contributed by atoms with Crippen molar-refractivity contribution >= 4 is 35.0 Å². The molecule has 7 heteroatoms. The third-order valence-corrected chi connectivity index (χ3v) is 6.10. The molecule has 0 spiro atoms. The second-order valence-corrected chi connectivity index (χ2v) is 8.25. The molecule has 2 rings (SSSR count). The number of alkyl halides is 1. The topological polar surface area (TPSA) is 58.6 Å². The maximum atomic E-state index is 13.4. The van der Waals surface area contributed by atoms with Crippen molar-refractivity contribution in [1.82, 2.24) is 10.2 Å². The molecule has 0 aromatic heterocycles. The number of ether oxygens (including phenoxy) is 1. The molecular weight excluding hydrogens is 411 g/mol. The Morgan fingerprint density at radius 1 is 1.28 bits per heavy atom. The minimum Gasteiger partial charge on any atom is -0.382 e. The summed E-state index contributed by atoms with van der Waals surface area (Å²) >= 11 is 12.3. The molecule has 1 saturated carbocycles. The van der Waals surface area contributed by atoms with Crippen LogP contribution in [0.25, 0.3) is 0 Å². The number of halogens is 2. The average molecular weight is 443 g/mol. The second-order valence-electron chi connectivity index (χ2n) is 7.57. The fraction of sp³-hybridized carbons (Fsp3) is 0.636. The highest BCUT2D eigenvalue weighted by atomic mass is 35.5. The van der Waals surface area contributed by atoms with E-state index in [-0.39, 0.29) is 23.7 Å². The highest BCUT2D eigenvalue weighted by Crippen LogP contribution is 2.30. The number of hydrogen-bond donors (Lipinski definition) is 1. The summed E-state index contributed by atoms with van der Waals surface area (Å²) in [7, 11) is 0. The normalized spacial score (nSPS) is 20.1. The molecule has 0 saturated heterocycles. The molecule has 162 valence electrons. The maximum absolute atomic E-state index is 13.4. The molecule has 29 heavy (non-hydrogen) atoms. The van der Waals surface area contributed by atoms with E-state index in [1.807, 2.05) is 19.1 Å². The van der Waals surface area contributed by atoms with Gasteiger partial charge in [0.15, 0.2) is 0 Å². The Morgan fingerprint density at radius 2 is 2.00 bits per heavy atom. The van der Waals surface area contributed by atoms with Crippen molar-refractivity contribution in [3.8, 4) is 0 Å². The molecule has 5 nitrogen and oxygen atoms in total. The number of nitrogens with one attached hydrogen (secondary N) is 1. The van der Waals surface area contributed by atoms with Crippen molar-refractivity contribution in [3.05, 3.63) is 34.9 Å². The number of amides is 2. The first-order valence-electron chi connectivity index (χ1n) is 10.5. The van der Waals surface area contributed by atoms with Gasteiger partial charge in [0, 0.05) is 36.4 Å². The Labute approximate surface area is 184 Å². The fourth-order valence-corrected chi connectivity index (χ4v) is 4.29. The summed E-state index contributed by atoms with van der Waals surface area (Å²) in [6, 6.07) is 6.47. The van der Waals surface area contributed by atoms with Gasteiger partial charge in [-0.25, -0.2) is 0 Å². The molecule has 1 aliphatic carbocycles. The monoisotopic (exact) mass is 442 g/mol. The molecule has 2 amide bonds. The van der Waals surface area contributed by atoms with Crippen molar-refractivity contribution in [1.29, 1.82) is 0 Å². The van der Waals surface area contributed by atoms with Gasteiger partial charge < -0.3 is 15.0 Å². The van der Waals surface area contributed by atoms with Crippen LogP contribution >= 0.6 is 23.2 Å². The van der Waals surface area contributed by atoms with E-state index in [0.29, 0.717) is 42.7 Å². The lowest BCUT2D eigenvalue weighted by molar-refractivity contribution is -0.140. The van der Waals surface area contributed by atoms with Gasteiger partial charge in [-0.1, -0.05) is 49.6 Å². The summed E-state index contributed by atoms with van der Waals surface area (Å²) in [5.74, 6) is -0.274. The van der Waals surface area contributed by atoms with Crippen LogP contribution in [-0.2, 0) is 14.3 Å². The zero-order chi connectivity index (χ0) is 21.2. The SMILES string of the molecule is CCOCCCN(C(=O)CCl)[C@H](C(=O)N[C@H]1CCCC[C@@H]1C)c1ccccc1Cl. The van der Waals surface area contributed by atoms with Gasteiger partial charge in [-0.05, 0) is 38.2 Å². The van der Waals surface area contributed by atoms with Gasteiger partial charge in [0.1, 0.15) is 11.9 Å². The van der Waals surface area contributed by atoms with E-state index < -0.39 is 6.04 Å². The Kier molecular flexibility index (Phi) is 10.3. The maximum Gasteiger partial charge on any atom is 0.247 e. The van der Waals surface area contributed by atoms with Gasteiger partial charge in [-0.3, -0.25) is 9.59 Å². The van der Waals surface area contributed by atoms with E-state index in [1.54, 1.807) is 12.1 Å². The van der Waals surface area contributed by atoms with Crippen LogP contribution in [0.4, 0.5) is 0 Å². The highest BCUT2D eigenvalue weighted by Gasteiger charge is 2.34. The number of carbonyl (C=O) groups excluding carboxylic acids is 2. The predicted octanol–water partition coefficient (Wildman–Crippen LogP) is 4.57. The second kappa shape index (κ2) is 12.4. The Bertz CT molecular complexity index is 671. The van der Waals surface area contributed by atoms with E-state index >= 15 is 0 Å². The lowest BCUT2D eigenvalue weighted by Crippen LogP contribution is -2.49. The Balaban J connectivity index is 2.29. The minimum absolute atomic E-state index is 0.109. The molecule has 0 unspecified atom stereocenters. The zero-order valence-electron chi connectivity index (χ0n) is 17.3. The molecule has 1 aromatic carbocycles. The van der Waals surface area contributed by atoms with Crippen LogP contribution < -0.4 is 5.32 Å². The third kappa shape index (κ3) is 6.87. The zero-order valence-corrected chi connectivity index (χ0v) is 18.8. The van der Waals surface area contributed by atoms with Crippen LogP contribution in [0, 0.1) is 5.92 Å². The summed E-state index contributed by atoms with van der Waals surface area (Å²) in [4.78, 5) is 27.7. The van der Waals surface area contributed by atoms with Crippen molar-refractivity contribution in [2.75, 3.05) is 25.6 Å². The van der Waals surface area contributed by atoms with Crippen molar-refractivity contribution in [2.24, 2.45) is 5.92 Å². The standard InChI is InChI=1S/C22H32Cl2N2O3/c1-3-29-14-8-13-26(20(27)15-23)21(17-10-5-6-11-18(17)24)22(28)25-19-12-7-4-9-16(19)2/h5-6,10-11,16,19,21H,3-4,7-9,12-15H2,1-2H3,(H,25,28)/t16-,19-,21-/m0/s1. The van der Waals surface area contributed by atoms with Crippen LogP contribution in [0.2, 0.25) is 5.02 Å². The lowest BCUT2D eigenvalue weighted by atomic mass is 9.85. The van der Waals surface area contributed by atoms with Gasteiger partial charge in [0.2, 0.25) is 11.8 Å². The van der Waals surface area contributed by atoms with E-state index in [0.717, 1.165) is 19.3 Å². The summed E-state index contributed by atoms with van der Waals surface area (Å²) in [6.07, 6.45) is 4.96. The Morgan fingerprint density at radius 3 is 2.66 bits per heavy atom. The summed E-state index contributed by atoms with van der Waals surface area (Å²) in [5.41, 5.74) is 0.616.